The molecule has 1 fully saturated rings. The number of carbonyl (C=O) groups excluding carboxylic acids is 2. The monoisotopic (exact) mass is 265 g/mol. The SMILES string of the molecule is CCOC(=O)C(F)(F)C1(O)CCN(C(C)=O)CC1. The molecule has 18 heavy (non-hydrogen) atoms. The quantitative estimate of drug-likeness (QED) is 0.757. The topological polar surface area (TPSA) is 66.8 Å². The summed E-state index contributed by atoms with van der Waals surface area (Å²) in [4.78, 5) is 23.6. The van der Waals surface area contributed by atoms with Gasteiger partial charge in [-0.3, -0.25) is 4.79 Å². The predicted octanol–water partition coefficient (Wildman–Crippen LogP) is 0.558. The lowest BCUT2D eigenvalue weighted by molar-refractivity contribution is -0.222. The number of aliphatic hydroxyl groups is 1. The Morgan fingerprint density at radius 1 is 1.39 bits per heavy atom. The first-order valence-electron chi connectivity index (χ1n) is 5.77. The van der Waals surface area contributed by atoms with Crippen LogP contribution in [0, 0.1) is 0 Å². The number of amides is 1. The molecule has 0 aliphatic carbocycles. The molecule has 0 atom stereocenters. The summed E-state index contributed by atoms with van der Waals surface area (Å²) < 4.78 is 31.8. The van der Waals surface area contributed by atoms with Crippen LogP contribution in [0.2, 0.25) is 0 Å². The maximum absolute atomic E-state index is 13.8. The zero-order chi connectivity index (χ0) is 14.0. The Labute approximate surface area is 104 Å². The first kappa shape index (κ1) is 14.8. The van der Waals surface area contributed by atoms with E-state index in [-0.39, 0.29) is 38.4 Å². The van der Waals surface area contributed by atoms with Crippen molar-refractivity contribution in [2.75, 3.05) is 19.7 Å². The maximum Gasteiger partial charge on any atom is 0.380 e. The average molecular weight is 265 g/mol. The summed E-state index contributed by atoms with van der Waals surface area (Å²) in [5, 5.41) is 9.91. The molecule has 0 aromatic carbocycles. The van der Waals surface area contributed by atoms with E-state index in [4.69, 9.17) is 0 Å². The lowest BCUT2D eigenvalue weighted by Crippen LogP contribution is -2.59. The molecule has 0 unspecified atom stereocenters. The van der Waals surface area contributed by atoms with E-state index < -0.39 is 17.5 Å². The van der Waals surface area contributed by atoms with Gasteiger partial charge in [0.2, 0.25) is 5.91 Å². The van der Waals surface area contributed by atoms with E-state index in [2.05, 4.69) is 4.74 Å². The Kier molecular flexibility index (Phi) is 4.26. The standard InChI is InChI=1S/C11H17F2NO4/c1-3-18-9(16)11(12,13)10(17)4-6-14(7-5-10)8(2)15/h17H,3-7H2,1-2H3. The van der Waals surface area contributed by atoms with E-state index in [0.717, 1.165) is 0 Å². The van der Waals surface area contributed by atoms with E-state index in [1.165, 1.54) is 18.7 Å². The fourth-order valence-corrected chi connectivity index (χ4v) is 1.92. The van der Waals surface area contributed by atoms with Gasteiger partial charge in [0.15, 0.2) is 0 Å². The number of likely N-dealkylation sites (tertiary alicyclic amines) is 1. The van der Waals surface area contributed by atoms with Crippen LogP contribution in [0.25, 0.3) is 0 Å². The number of halogens is 2. The van der Waals surface area contributed by atoms with Gasteiger partial charge in [-0.05, 0) is 6.92 Å². The summed E-state index contributed by atoms with van der Waals surface area (Å²) in [5.41, 5.74) is -2.44. The first-order valence-corrected chi connectivity index (χ1v) is 5.77. The molecule has 0 aromatic rings. The van der Waals surface area contributed by atoms with Crippen LogP contribution in [0.4, 0.5) is 8.78 Å². The van der Waals surface area contributed by atoms with Gasteiger partial charge in [0.05, 0.1) is 6.61 Å². The molecular weight excluding hydrogens is 248 g/mol. The highest BCUT2D eigenvalue weighted by Gasteiger charge is 2.60. The third-order valence-corrected chi connectivity index (χ3v) is 3.15. The predicted molar refractivity (Wildman–Crippen MR) is 58.0 cm³/mol. The number of rotatable bonds is 3. The number of alkyl halides is 2. The second kappa shape index (κ2) is 5.17. The summed E-state index contributed by atoms with van der Waals surface area (Å²) in [6, 6.07) is 0. The maximum atomic E-state index is 13.8. The molecule has 0 bridgehead atoms. The third-order valence-electron chi connectivity index (χ3n) is 3.15. The van der Waals surface area contributed by atoms with Crippen molar-refractivity contribution in [2.45, 2.75) is 38.2 Å². The Morgan fingerprint density at radius 3 is 2.28 bits per heavy atom. The van der Waals surface area contributed by atoms with Crippen LogP contribution in [0.5, 0.6) is 0 Å². The number of hydrogen-bond acceptors (Lipinski definition) is 4. The van der Waals surface area contributed by atoms with E-state index in [1.54, 1.807) is 0 Å². The fourth-order valence-electron chi connectivity index (χ4n) is 1.92. The number of piperidine rings is 1. The summed E-state index contributed by atoms with van der Waals surface area (Å²) >= 11 is 0. The normalized spacial score (nSPS) is 19.5. The molecule has 1 aliphatic rings. The number of carbonyl (C=O) groups is 2. The molecule has 1 aliphatic heterocycles. The Morgan fingerprint density at radius 2 is 1.89 bits per heavy atom. The molecule has 1 N–H and O–H groups in total. The van der Waals surface area contributed by atoms with Gasteiger partial charge in [-0.1, -0.05) is 0 Å². The highest BCUT2D eigenvalue weighted by Crippen LogP contribution is 2.38. The number of ether oxygens (including phenoxy) is 1. The van der Waals surface area contributed by atoms with Crippen LogP contribution in [0.3, 0.4) is 0 Å². The fraction of sp³-hybridized carbons (Fsp3) is 0.818. The van der Waals surface area contributed by atoms with Crippen LogP contribution in [0.1, 0.15) is 26.7 Å². The molecule has 0 aromatic heterocycles. The molecular formula is C11H17F2NO4. The number of esters is 1. The molecule has 5 nitrogen and oxygen atoms in total. The molecule has 1 amide bonds. The average Bonchev–Trinajstić information content (AvgIpc) is 2.29. The van der Waals surface area contributed by atoms with Crippen LogP contribution in [0.15, 0.2) is 0 Å². The Balaban J connectivity index is 2.76. The van der Waals surface area contributed by atoms with Crippen molar-refractivity contribution in [1.29, 1.82) is 0 Å². The van der Waals surface area contributed by atoms with E-state index in [0.29, 0.717) is 0 Å². The molecule has 0 radical (unpaired) electrons. The molecule has 104 valence electrons. The highest BCUT2D eigenvalue weighted by molar-refractivity contribution is 5.79. The summed E-state index contributed by atoms with van der Waals surface area (Å²) in [7, 11) is 0. The van der Waals surface area contributed by atoms with Gasteiger partial charge >= 0.3 is 11.9 Å². The van der Waals surface area contributed by atoms with E-state index in [1.807, 2.05) is 0 Å². The van der Waals surface area contributed by atoms with Crippen LogP contribution in [-0.2, 0) is 14.3 Å². The highest BCUT2D eigenvalue weighted by atomic mass is 19.3. The van der Waals surface area contributed by atoms with Crippen LogP contribution in [-0.4, -0.2) is 53.1 Å². The van der Waals surface area contributed by atoms with Gasteiger partial charge in [-0.2, -0.15) is 8.78 Å². The van der Waals surface area contributed by atoms with Crippen LogP contribution < -0.4 is 0 Å². The molecule has 1 rings (SSSR count). The lowest BCUT2D eigenvalue weighted by atomic mass is 9.85. The minimum Gasteiger partial charge on any atom is -0.461 e. The van der Waals surface area contributed by atoms with Crippen molar-refractivity contribution >= 4 is 11.9 Å². The Hall–Kier alpha value is -1.24. The van der Waals surface area contributed by atoms with Crippen molar-refractivity contribution in [1.82, 2.24) is 4.90 Å². The zero-order valence-electron chi connectivity index (χ0n) is 10.4. The number of hydrogen-bond donors (Lipinski definition) is 1. The minimum absolute atomic E-state index is 0.000822. The van der Waals surface area contributed by atoms with Crippen molar-refractivity contribution in [3.8, 4) is 0 Å². The van der Waals surface area contributed by atoms with Crippen molar-refractivity contribution in [3.63, 3.8) is 0 Å². The van der Waals surface area contributed by atoms with Crippen molar-refractivity contribution in [2.24, 2.45) is 0 Å². The molecule has 0 saturated carbocycles. The lowest BCUT2D eigenvalue weighted by Gasteiger charge is -2.40. The van der Waals surface area contributed by atoms with Gasteiger partial charge in [-0.15, -0.1) is 0 Å². The first-order chi connectivity index (χ1) is 8.24. The minimum atomic E-state index is -3.95. The second-order valence-corrected chi connectivity index (χ2v) is 4.33. The second-order valence-electron chi connectivity index (χ2n) is 4.33. The number of nitrogens with zero attached hydrogens (tertiary/aromatic N) is 1. The third kappa shape index (κ3) is 2.60. The van der Waals surface area contributed by atoms with Gasteiger partial charge in [-0.25, -0.2) is 4.79 Å². The van der Waals surface area contributed by atoms with E-state index in [9.17, 15) is 23.5 Å². The van der Waals surface area contributed by atoms with Gasteiger partial charge in [0.1, 0.15) is 5.60 Å². The largest absolute Gasteiger partial charge is 0.461 e. The molecule has 0 spiro atoms. The summed E-state index contributed by atoms with van der Waals surface area (Å²) in [6.07, 6.45) is -0.698. The Bertz CT molecular complexity index is 338. The van der Waals surface area contributed by atoms with E-state index >= 15 is 0 Å². The zero-order valence-corrected chi connectivity index (χ0v) is 10.4. The van der Waals surface area contributed by atoms with Gasteiger partial charge < -0.3 is 14.7 Å². The van der Waals surface area contributed by atoms with Crippen molar-refractivity contribution in [3.05, 3.63) is 0 Å². The summed E-state index contributed by atoms with van der Waals surface area (Å²) in [6.45, 7) is 2.57. The molecule has 7 heteroatoms. The van der Waals surface area contributed by atoms with Crippen LogP contribution >= 0.6 is 0 Å². The van der Waals surface area contributed by atoms with Gasteiger partial charge in [0.25, 0.3) is 0 Å². The molecule has 1 heterocycles. The summed E-state index contributed by atoms with van der Waals surface area (Å²) in [5.74, 6) is -5.91. The van der Waals surface area contributed by atoms with Crippen molar-refractivity contribution < 1.29 is 28.2 Å². The van der Waals surface area contributed by atoms with Gasteiger partial charge in [0, 0.05) is 32.9 Å². The molecule has 1 saturated heterocycles. The smallest absolute Gasteiger partial charge is 0.380 e.